The average Bonchev–Trinajstić information content (AvgIpc) is 3.27. The van der Waals surface area contributed by atoms with Gasteiger partial charge >= 0.3 is 5.97 Å². The average molecular weight is 876 g/mol. The summed E-state index contributed by atoms with van der Waals surface area (Å²) in [6.45, 7) is 4.93. The van der Waals surface area contributed by atoms with Crippen LogP contribution in [0.1, 0.15) is 309 Å². The lowest BCUT2D eigenvalue weighted by atomic mass is 10.0. The van der Waals surface area contributed by atoms with Crippen LogP contribution in [0, 0.1) is 0 Å². The maximum atomic E-state index is 12.4. The van der Waals surface area contributed by atoms with E-state index in [0.717, 1.165) is 44.9 Å². The molecule has 6 heteroatoms. The van der Waals surface area contributed by atoms with Crippen LogP contribution in [-0.4, -0.2) is 47.4 Å². The molecule has 1 amide bonds. The lowest BCUT2D eigenvalue weighted by Gasteiger charge is -2.22. The highest BCUT2D eigenvalue weighted by Gasteiger charge is 2.20. The molecule has 3 N–H and O–H groups in total. The number of ether oxygens (including phenoxy) is 1. The van der Waals surface area contributed by atoms with Crippen molar-refractivity contribution in [2.24, 2.45) is 0 Å². The second kappa shape index (κ2) is 52.2. The van der Waals surface area contributed by atoms with Gasteiger partial charge in [0.15, 0.2) is 0 Å². The first-order valence-corrected chi connectivity index (χ1v) is 27.9. The number of hydrogen-bond donors (Lipinski definition) is 3. The van der Waals surface area contributed by atoms with E-state index in [1.54, 1.807) is 0 Å². The molecule has 0 aliphatic rings. The Morgan fingerprint density at radius 3 is 1.18 bits per heavy atom. The lowest BCUT2D eigenvalue weighted by Crippen LogP contribution is -2.45. The number of amides is 1. The summed E-state index contributed by atoms with van der Waals surface area (Å²) in [7, 11) is 0. The molecule has 0 heterocycles. The Balaban J connectivity index is 3.36. The number of nitrogens with one attached hydrogen (secondary N) is 1. The van der Waals surface area contributed by atoms with E-state index < -0.39 is 12.1 Å². The lowest BCUT2D eigenvalue weighted by molar-refractivity contribution is -0.143. The Hall–Kier alpha value is -1.40. The first-order valence-electron chi connectivity index (χ1n) is 27.9. The fourth-order valence-corrected chi connectivity index (χ4v) is 8.75. The molecule has 6 nitrogen and oxygen atoms in total. The summed E-state index contributed by atoms with van der Waals surface area (Å²) in [6.07, 6.45) is 60.6. The zero-order chi connectivity index (χ0) is 45.1. The Labute approximate surface area is 387 Å². The van der Waals surface area contributed by atoms with E-state index in [1.165, 1.54) is 231 Å². The molecule has 0 saturated carbocycles. The van der Waals surface area contributed by atoms with Crippen LogP contribution in [0.2, 0.25) is 0 Å². The Morgan fingerprint density at radius 2 is 0.758 bits per heavy atom. The number of allylic oxidation sites excluding steroid dienone is 2. The van der Waals surface area contributed by atoms with Crippen molar-refractivity contribution in [1.29, 1.82) is 0 Å². The van der Waals surface area contributed by atoms with Crippen LogP contribution in [0.3, 0.4) is 0 Å². The van der Waals surface area contributed by atoms with Crippen molar-refractivity contribution in [2.45, 2.75) is 321 Å². The summed E-state index contributed by atoms with van der Waals surface area (Å²) in [5, 5.41) is 23.2. The molecule has 0 aliphatic heterocycles. The van der Waals surface area contributed by atoms with E-state index in [-0.39, 0.29) is 18.5 Å². The molecule has 0 aromatic rings. The van der Waals surface area contributed by atoms with Gasteiger partial charge < -0.3 is 20.3 Å². The quantitative estimate of drug-likeness (QED) is 0.0321. The molecular weight excluding hydrogens is 767 g/mol. The van der Waals surface area contributed by atoms with E-state index in [4.69, 9.17) is 4.74 Å². The van der Waals surface area contributed by atoms with Crippen LogP contribution in [-0.2, 0) is 14.3 Å². The third-order valence-corrected chi connectivity index (χ3v) is 13.1. The maximum absolute atomic E-state index is 12.4. The van der Waals surface area contributed by atoms with E-state index >= 15 is 0 Å². The van der Waals surface area contributed by atoms with Crippen molar-refractivity contribution in [1.82, 2.24) is 5.32 Å². The van der Waals surface area contributed by atoms with Gasteiger partial charge in [-0.15, -0.1) is 0 Å². The molecule has 368 valence electrons. The second-order valence-electron chi connectivity index (χ2n) is 19.3. The van der Waals surface area contributed by atoms with Gasteiger partial charge in [-0.25, -0.2) is 0 Å². The number of hydrogen-bond acceptors (Lipinski definition) is 5. The third kappa shape index (κ3) is 48.1. The first kappa shape index (κ1) is 60.6. The Kier molecular flexibility index (Phi) is 51.0. The van der Waals surface area contributed by atoms with Gasteiger partial charge in [-0.3, -0.25) is 9.59 Å². The van der Waals surface area contributed by atoms with Crippen LogP contribution >= 0.6 is 0 Å². The summed E-state index contributed by atoms with van der Waals surface area (Å²) in [6, 6.07) is -0.539. The summed E-state index contributed by atoms with van der Waals surface area (Å²) >= 11 is 0. The predicted octanol–water partition coefficient (Wildman–Crippen LogP) is 16.9. The Morgan fingerprint density at radius 1 is 0.435 bits per heavy atom. The van der Waals surface area contributed by atoms with E-state index in [2.05, 4.69) is 31.3 Å². The molecule has 0 spiro atoms. The van der Waals surface area contributed by atoms with Gasteiger partial charge in [-0.05, 0) is 51.4 Å². The minimum Gasteiger partial charge on any atom is -0.466 e. The normalized spacial score (nSPS) is 12.6. The topological polar surface area (TPSA) is 95.9 Å². The number of rotatable bonds is 52. The number of unbranched alkanes of at least 4 members (excludes halogenated alkanes) is 39. The molecule has 0 saturated heterocycles. The van der Waals surface area contributed by atoms with E-state index in [0.29, 0.717) is 25.9 Å². The summed E-state index contributed by atoms with van der Waals surface area (Å²) in [5.74, 6) is -0.0320. The molecule has 0 aromatic carbocycles. The summed E-state index contributed by atoms with van der Waals surface area (Å²) in [4.78, 5) is 24.4. The van der Waals surface area contributed by atoms with Crippen molar-refractivity contribution >= 4 is 11.9 Å². The highest BCUT2D eigenvalue weighted by Crippen LogP contribution is 2.17. The van der Waals surface area contributed by atoms with Crippen molar-refractivity contribution in [3.05, 3.63) is 12.2 Å². The number of carbonyl (C=O) groups excluding carboxylic acids is 2. The fraction of sp³-hybridized carbons (Fsp3) is 0.929. The SMILES string of the molecule is CCCCC/C=C\CCCCCCCC(=O)OCCCCCCCCCCCCCCCCCCCCCCCCC(=O)NC(CO)C(O)CCCCCCCCCCCCC. The summed E-state index contributed by atoms with van der Waals surface area (Å²) in [5.41, 5.74) is 0. The van der Waals surface area contributed by atoms with Crippen molar-refractivity contribution in [2.75, 3.05) is 13.2 Å². The first-order chi connectivity index (χ1) is 30.5. The Bertz CT molecular complexity index is 924. The molecule has 0 aliphatic carbocycles. The monoisotopic (exact) mass is 876 g/mol. The van der Waals surface area contributed by atoms with Gasteiger partial charge in [0, 0.05) is 12.8 Å². The molecule has 2 unspecified atom stereocenters. The van der Waals surface area contributed by atoms with Gasteiger partial charge in [0.25, 0.3) is 0 Å². The fourth-order valence-electron chi connectivity index (χ4n) is 8.75. The number of aliphatic hydroxyl groups excluding tert-OH is 2. The van der Waals surface area contributed by atoms with Crippen LogP contribution in [0.4, 0.5) is 0 Å². The van der Waals surface area contributed by atoms with Gasteiger partial charge in [0.05, 0.1) is 25.4 Å². The van der Waals surface area contributed by atoms with Crippen molar-refractivity contribution in [3.8, 4) is 0 Å². The van der Waals surface area contributed by atoms with Crippen molar-refractivity contribution < 1.29 is 24.5 Å². The number of aliphatic hydroxyl groups is 2. The molecule has 0 fully saturated rings. The minimum atomic E-state index is -0.662. The highest BCUT2D eigenvalue weighted by molar-refractivity contribution is 5.76. The number of carbonyl (C=O) groups is 2. The molecular formula is C56H109NO5. The molecule has 0 rings (SSSR count). The standard InChI is InChI=1S/C56H109NO5/c1-3-5-7-9-11-13-15-30-34-38-42-46-50-56(61)62-51-47-43-39-35-31-27-25-23-21-19-17-16-18-20-22-24-26-29-33-37-41-45-49-55(60)57-53(52-58)54(59)48-44-40-36-32-28-14-12-10-8-6-4-2/h11,13,53-54,58-59H,3-10,12,14-52H2,1-2H3,(H,57,60)/b13-11-. The molecule has 0 aromatic heterocycles. The largest absolute Gasteiger partial charge is 0.466 e. The van der Waals surface area contributed by atoms with Crippen LogP contribution in [0.15, 0.2) is 12.2 Å². The highest BCUT2D eigenvalue weighted by atomic mass is 16.5. The van der Waals surface area contributed by atoms with Gasteiger partial charge in [-0.2, -0.15) is 0 Å². The third-order valence-electron chi connectivity index (χ3n) is 13.1. The summed E-state index contributed by atoms with van der Waals surface area (Å²) < 4.78 is 5.46. The van der Waals surface area contributed by atoms with E-state index in [9.17, 15) is 19.8 Å². The predicted molar refractivity (Wildman–Crippen MR) is 269 cm³/mol. The molecule has 62 heavy (non-hydrogen) atoms. The minimum absolute atomic E-state index is 0.00331. The molecule has 0 bridgehead atoms. The van der Waals surface area contributed by atoms with Gasteiger partial charge in [-0.1, -0.05) is 257 Å². The zero-order valence-electron chi connectivity index (χ0n) is 41.9. The van der Waals surface area contributed by atoms with Gasteiger partial charge in [0.2, 0.25) is 5.91 Å². The van der Waals surface area contributed by atoms with Crippen LogP contribution in [0.25, 0.3) is 0 Å². The van der Waals surface area contributed by atoms with Crippen molar-refractivity contribution in [3.63, 3.8) is 0 Å². The van der Waals surface area contributed by atoms with Crippen LogP contribution in [0.5, 0.6) is 0 Å². The van der Waals surface area contributed by atoms with Gasteiger partial charge in [0.1, 0.15) is 0 Å². The number of esters is 1. The molecule has 0 radical (unpaired) electrons. The second-order valence-corrected chi connectivity index (χ2v) is 19.3. The molecule has 2 atom stereocenters. The van der Waals surface area contributed by atoms with Crippen LogP contribution < -0.4 is 5.32 Å². The smallest absolute Gasteiger partial charge is 0.305 e. The maximum Gasteiger partial charge on any atom is 0.305 e. The van der Waals surface area contributed by atoms with E-state index in [1.807, 2.05) is 0 Å². The zero-order valence-corrected chi connectivity index (χ0v) is 41.9.